The Balaban J connectivity index is 1.57. The molecule has 1 atom stereocenters. The van der Waals surface area contributed by atoms with Crippen molar-refractivity contribution in [3.63, 3.8) is 0 Å². The Labute approximate surface area is 170 Å². The van der Waals surface area contributed by atoms with Gasteiger partial charge in [-0.25, -0.2) is 13.1 Å². The smallest absolute Gasteiger partial charge is 0.240 e. The van der Waals surface area contributed by atoms with Gasteiger partial charge in [-0.2, -0.15) is 0 Å². The molecule has 1 amide bonds. The molecule has 1 aliphatic heterocycles. The molecule has 0 spiro atoms. The van der Waals surface area contributed by atoms with Crippen molar-refractivity contribution in [2.45, 2.75) is 23.8 Å². The van der Waals surface area contributed by atoms with E-state index < -0.39 is 10.0 Å². The van der Waals surface area contributed by atoms with E-state index in [-0.39, 0.29) is 16.7 Å². The lowest BCUT2D eigenvalue weighted by atomic mass is 9.90. The number of nitrogens with one attached hydrogen (secondary N) is 4. The van der Waals surface area contributed by atoms with Crippen LogP contribution in [0.3, 0.4) is 0 Å². The Hall–Kier alpha value is -2.91. The number of para-hydroxylation sites is 1. The van der Waals surface area contributed by atoms with Crippen molar-refractivity contribution in [1.82, 2.24) is 15.4 Å². The number of fused-ring (bicyclic) bond motifs is 1. The Morgan fingerprint density at radius 2 is 1.86 bits per heavy atom. The molecule has 0 aromatic heterocycles. The molecular weight excluding hydrogens is 390 g/mol. The molecule has 4 N–H and O–H groups in total. The van der Waals surface area contributed by atoms with Gasteiger partial charge in [-0.05, 0) is 36.4 Å². The van der Waals surface area contributed by atoms with Crippen LogP contribution in [0.5, 0.6) is 0 Å². The lowest BCUT2D eigenvalue weighted by Crippen LogP contribution is -2.40. The summed E-state index contributed by atoms with van der Waals surface area (Å²) in [6.45, 7) is 1.06. The third-order valence-corrected chi connectivity index (χ3v) is 6.24. The minimum Gasteiger partial charge on any atom is -0.356 e. The van der Waals surface area contributed by atoms with Gasteiger partial charge in [0.1, 0.15) is 0 Å². The summed E-state index contributed by atoms with van der Waals surface area (Å²) < 4.78 is 25.9. The lowest BCUT2D eigenvalue weighted by molar-refractivity contribution is -0.116. The zero-order chi connectivity index (χ0) is 20.9. The standard InChI is InChI=1S/C20H25N5O3S/c1-21-20(23-12-14-7-9-16(10-8-14)29(27,28)22-2)24-13-15-11-19(26)25-18-6-4-3-5-17(15)18/h3-10,15,22H,11-13H2,1-2H3,(H,25,26)(H2,21,23,24). The maximum Gasteiger partial charge on any atom is 0.240 e. The molecule has 0 bridgehead atoms. The largest absolute Gasteiger partial charge is 0.356 e. The molecule has 0 saturated heterocycles. The quantitative estimate of drug-likeness (QED) is 0.421. The van der Waals surface area contributed by atoms with Gasteiger partial charge in [-0.3, -0.25) is 9.79 Å². The average Bonchev–Trinajstić information content (AvgIpc) is 2.74. The number of benzene rings is 2. The molecule has 9 heteroatoms. The Morgan fingerprint density at radius 3 is 2.55 bits per heavy atom. The summed E-state index contributed by atoms with van der Waals surface area (Å²) in [7, 11) is -0.376. The molecule has 2 aromatic carbocycles. The van der Waals surface area contributed by atoms with Gasteiger partial charge in [-0.1, -0.05) is 30.3 Å². The van der Waals surface area contributed by atoms with Crippen molar-refractivity contribution in [3.8, 4) is 0 Å². The van der Waals surface area contributed by atoms with Gasteiger partial charge >= 0.3 is 0 Å². The van der Waals surface area contributed by atoms with Crippen LogP contribution in [0.15, 0.2) is 58.4 Å². The van der Waals surface area contributed by atoms with Crippen molar-refractivity contribution in [1.29, 1.82) is 0 Å². The number of hydrogen-bond acceptors (Lipinski definition) is 4. The molecule has 1 unspecified atom stereocenters. The van der Waals surface area contributed by atoms with Crippen molar-refractivity contribution in [2.24, 2.45) is 4.99 Å². The highest BCUT2D eigenvalue weighted by Crippen LogP contribution is 2.31. The van der Waals surface area contributed by atoms with Crippen LogP contribution >= 0.6 is 0 Å². The van der Waals surface area contributed by atoms with Crippen molar-refractivity contribution in [2.75, 3.05) is 26.0 Å². The third kappa shape index (κ3) is 5.12. The van der Waals surface area contributed by atoms with Gasteiger partial charge < -0.3 is 16.0 Å². The first-order valence-corrected chi connectivity index (χ1v) is 10.8. The summed E-state index contributed by atoms with van der Waals surface area (Å²) >= 11 is 0. The van der Waals surface area contributed by atoms with Crippen LogP contribution in [0, 0.1) is 0 Å². The molecule has 8 nitrogen and oxygen atoms in total. The monoisotopic (exact) mass is 415 g/mol. The van der Waals surface area contributed by atoms with E-state index >= 15 is 0 Å². The zero-order valence-electron chi connectivity index (χ0n) is 16.4. The predicted octanol–water partition coefficient (Wildman–Crippen LogP) is 1.39. The fraction of sp³-hybridized carbons (Fsp3) is 0.300. The van der Waals surface area contributed by atoms with Gasteiger partial charge in [0.25, 0.3) is 0 Å². The highest BCUT2D eigenvalue weighted by molar-refractivity contribution is 7.89. The summed E-state index contributed by atoms with van der Waals surface area (Å²) in [4.78, 5) is 16.4. The molecular formula is C20H25N5O3S. The number of nitrogens with zero attached hydrogens (tertiary/aromatic N) is 1. The van der Waals surface area contributed by atoms with Gasteiger partial charge in [0, 0.05) is 38.2 Å². The molecule has 29 heavy (non-hydrogen) atoms. The van der Waals surface area contributed by atoms with E-state index in [9.17, 15) is 13.2 Å². The first kappa shape index (κ1) is 20.8. The number of anilines is 1. The highest BCUT2D eigenvalue weighted by atomic mass is 32.2. The molecule has 154 valence electrons. The number of amides is 1. The number of sulfonamides is 1. The number of aliphatic imine (C=N–C) groups is 1. The molecule has 0 saturated carbocycles. The summed E-state index contributed by atoms with van der Waals surface area (Å²) in [5, 5.41) is 9.37. The molecule has 1 heterocycles. The van der Waals surface area contributed by atoms with Gasteiger partial charge in [-0.15, -0.1) is 0 Å². The Morgan fingerprint density at radius 1 is 1.14 bits per heavy atom. The summed E-state index contributed by atoms with van der Waals surface area (Å²) in [6, 6.07) is 14.4. The summed E-state index contributed by atoms with van der Waals surface area (Å²) in [6.07, 6.45) is 0.419. The van der Waals surface area contributed by atoms with E-state index in [1.165, 1.54) is 7.05 Å². The van der Waals surface area contributed by atoms with Crippen LogP contribution in [0.25, 0.3) is 0 Å². The third-order valence-electron chi connectivity index (χ3n) is 4.81. The first-order valence-electron chi connectivity index (χ1n) is 9.28. The van der Waals surface area contributed by atoms with E-state index in [0.29, 0.717) is 25.5 Å². The maximum atomic E-state index is 11.9. The van der Waals surface area contributed by atoms with Gasteiger partial charge in [0.2, 0.25) is 15.9 Å². The van der Waals surface area contributed by atoms with E-state index in [1.807, 2.05) is 24.3 Å². The van der Waals surface area contributed by atoms with Crippen LogP contribution in [0.4, 0.5) is 5.69 Å². The van der Waals surface area contributed by atoms with Crippen LogP contribution in [0.2, 0.25) is 0 Å². The van der Waals surface area contributed by atoms with Gasteiger partial charge in [0.15, 0.2) is 5.96 Å². The highest BCUT2D eigenvalue weighted by Gasteiger charge is 2.24. The fourth-order valence-electron chi connectivity index (χ4n) is 3.21. The number of carbonyl (C=O) groups excluding carboxylic acids is 1. The first-order chi connectivity index (χ1) is 13.9. The van der Waals surface area contributed by atoms with Crippen LogP contribution in [-0.2, 0) is 21.4 Å². The fourth-order valence-corrected chi connectivity index (χ4v) is 3.94. The number of guanidine groups is 1. The predicted molar refractivity (Wildman–Crippen MR) is 113 cm³/mol. The second kappa shape index (κ2) is 9.06. The molecule has 2 aromatic rings. The average molecular weight is 416 g/mol. The van der Waals surface area contributed by atoms with Crippen LogP contribution in [-0.4, -0.2) is 40.9 Å². The van der Waals surface area contributed by atoms with E-state index in [0.717, 1.165) is 16.8 Å². The van der Waals surface area contributed by atoms with Crippen molar-refractivity contribution < 1.29 is 13.2 Å². The zero-order valence-corrected chi connectivity index (χ0v) is 17.2. The lowest BCUT2D eigenvalue weighted by Gasteiger charge is -2.26. The van der Waals surface area contributed by atoms with E-state index in [1.54, 1.807) is 31.3 Å². The minimum atomic E-state index is -3.44. The van der Waals surface area contributed by atoms with Crippen molar-refractivity contribution in [3.05, 3.63) is 59.7 Å². The molecule has 0 radical (unpaired) electrons. The minimum absolute atomic E-state index is 0.00931. The summed E-state index contributed by atoms with van der Waals surface area (Å²) in [5.74, 6) is 0.681. The Kier molecular flexibility index (Phi) is 6.50. The SMILES string of the molecule is CN=C(NCc1ccc(S(=O)(=O)NC)cc1)NCC1CC(=O)Nc2ccccc21. The maximum absolute atomic E-state index is 11.9. The second-order valence-electron chi connectivity index (χ2n) is 6.69. The van der Waals surface area contributed by atoms with Gasteiger partial charge in [0.05, 0.1) is 4.90 Å². The molecule has 0 fully saturated rings. The van der Waals surface area contributed by atoms with E-state index in [4.69, 9.17) is 0 Å². The number of rotatable bonds is 6. The molecule has 3 rings (SSSR count). The van der Waals surface area contributed by atoms with Crippen LogP contribution in [0.1, 0.15) is 23.5 Å². The van der Waals surface area contributed by atoms with E-state index in [2.05, 4.69) is 25.7 Å². The second-order valence-corrected chi connectivity index (χ2v) is 8.58. The molecule has 1 aliphatic rings. The summed E-state index contributed by atoms with van der Waals surface area (Å²) in [5.41, 5.74) is 2.89. The topological polar surface area (TPSA) is 112 Å². The molecule has 0 aliphatic carbocycles. The van der Waals surface area contributed by atoms with Crippen LogP contribution < -0.4 is 20.7 Å². The Bertz CT molecular complexity index is 1000. The normalized spacial score (nSPS) is 16.7. The van der Waals surface area contributed by atoms with Crippen molar-refractivity contribution >= 4 is 27.6 Å². The number of hydrogen-bond donors (Lipinski definition) is 4. The number of carbonyl (C=O) groups is 1.